The number of thiazole rings is 1. The highest BCUT2D eigenvalue weighted by Crippen LogP contribution is 2.15. The molecule has 0 atom stereocenters. The summed E-state index contributed by atoms with van der Waals surface area (Å²) >= 11 is 1.72. The second-order valence-corrected chi connectivity index (χ2v) is 7.36. The molecule has 0 spiro atoms. The van der Waals surface area contributed by atoms with Crippen LogP contribution in [0.25, 0.3) is 0 Å². The smallest absolute Gasteiger partial charge is 0.251 e. The molecule has 4 nitrogen and oxygen atoms in total. The summed E-state index contributed by atoms with van der Waals surface area (Å²) in [6.07, 6.45) is 5.38. The molecule has 0 radical (unpaired) electrons. The molecule has 1 amide bonds. The third kappa shape index (κ3) is 6.50. The van der Waals surface area contributed by atoms with Crippen molar-refractivity contribution in [3.63, 3.8) is 0 Å². The Morgan fingerprint density at radius 3 is 2.60 bits per heavy atom. The van der Waals surface area contributed by atoms with Crippen molar-refractivity contribution in [3.05, 3.63) is 45.9 Å². The van der Waals surface area contributed by atoms with Gasteiger partial charge in [0.2, 0.25) is 0 Å². The molecule has 5 heteroatoms. The fourth-order valence-electron chi connectivity index (χ4n) is 2.61. The van der Waals surface area contributed by atoms with Crippen LogP contribution in [-0.4, -0.2) is 31.0 Å². The average Bonchev–Trinajstić information content (AvgIpc) is 3.04. The van der Waals surface area contributed by atoms with E-state index in [2.05, 4.69) is 34.6 Å². The van der Waals surface area contributed by atoms with E-state index in [-0.39, 0.29) is 5.91 Å². The van der Waals surface area contributed by atoms with Crippen molar-refractivity contribution in [2.24, 2.45) is 0 Å². The molecule has 0 fully saturated rings. The van der Waals surface area contributed by atoms with Gasteiger partial charge in [-0.25, -0.2) is 4.98 Å². The first-order valence-electron chi connectivity index (χ1n) is 9.10. The summed E-state index contributed by atoms with van der Waals surface area (Å²) in [7, 11) is 2.09. The van der Waals surface area contributed by atoms with Gasteiger partial charge in [0, 0.05) is 42.5 Å². The number of anilines is 1. The molecule has 1 aromatic heterocycles. The van der Waals surface area contributed by atoms with Gasteiger partial charge < -0.3 is 10.2 Å². The Balaban J connectivity index is 1.69. The number of carbonyl (C=O) groups is 1. The zero-order chi connectivity index (χ0) is 18.1. The highest BCUT2D eigenvalue weighted by Gasteiger charge is 2.06. The fourth-order valence-corrected chi connectivity index (χ4v) is 3.43. The van der Waals surface area contributed by atoms with Crippen LogP contribution in [0.4, 0.5) is 5.69 Å². The van der Waals surface area contributed by atoms with Crippen LogP contribution in [0.1, 0.15) is 53.7 Å². The monoisotopic (exact) mass is 359 g/mol. The van der Waals surface area contributed by atoms with Crippen molar-refractivity contribution in [1.29, 1.82) is 0 Å². The number of benzene rings is 1. The normalized spacial score (nSPS) is 10.7. The highest BCUT2D eigenvalue weighted by atomic mass is 32.1. The van der Waals surface area contributed by atoms with Crippen molar-refractivity contribution in [1.82, 2.24) is 10.3 Å². The maximum atomic E-state index is 12.2. The van der Waals surface area contributed by atoms with Gasteiger partial charge in [-0.15, -0.1) is 11.3 Å². The van der Waals surface area contributed by atoms with Gasteiger partial charge in [0.1, 0.15) is 0 Å². The molecule has 2 rings (SSSR count). The molecule has 1 N–H and O–H groups in total. The van der Waals surface area contributed by atoms with Crippen molar-refractivity contribution in [2.45, 2.75) is 46.0 Å². The largest absolute Gasteiger partial charge is 0.375 e. The Kier molecular flexibility index (Phi) is 7.92. The van der Waals surface area contributed by atoms with Gasteiger partial charge in [0.25, 0.3) is 5.91 Å². The quantitative estimate of drug-likeness (QED) is 0.638. The van der Waals surface area contributed by atoms with Crippen LogP contribution in [0.2, 0.25) is 0 Å². The lowest BCUT2D eigenvalue weighted by Gasteiger charge is -2.19. The number of hydrogen-bond donors (Lipinski definition) is 1. The fraction of sp³-hybridized carbons (Fsp3) is 0.500. The highest BCUT2D eigenvalue weighted by molar-refractivity contribution is 7.09. The molecular formula is C20H29N3OS. The number of nitrogens with zero attached hydrogens (tertiary/aromatic N) is 2. The molecule has 0 bridgehead atoms. The summed E-state index contributed by atoms with van der Waals surface area (Å²) in [6.45, 7) is 5.97. The second kappa shape index (κ2) is 10.2. The minimum atomic E-state index is 0.00727. The topological polar surface area (TPSA) is 45.2 Å². The van der Waals surface area contributed by atoms with E-state index in [0.717, 1.165) is 42.8 Å². The van der Waals surface area contributed by atoms with Crippen LogP contribution in [0.5, 0.6) is 0 Å². The minimum absolute atomic E-state index is 0.00727. The van der Waals surface area contributed by atoms with E-state index in [1.165, 1.54) is 17.8 Å². The summed E-state index contributed by atoms with van der Waals surface area (Å²) in [5.74, 6) is 0.00727. The standard InChI is InChI=1S/C20H29N3OS/c1-4-5-14-23(3)18-11-9-17(10-12-18)20(24)21-13-7-6-8-19-22-16(2)15-25-19/h9-12,15H,4-8,13-14H2,1-3H3,(H,21,24). The maximum absolute atomic E-state index is 12.2. The van der Waals surface area contributed by atoms with Gasteiger partial charge in [-0.05, 0) is 56.9 Å². The number of rotatable bonds is 10. The second-order valence-electron chi connectivity index (χ2n) is 6.42. The Morgan fingerprint density at radius 2 is 1.96 bits per heavy atom. The van der Waals surface area contributed by atoms with Gasteiger partial charge in [0.05, 0.1) is 5.01 Å². The number of carbonyl (C=O) groups excluding carboxylic acids is 1. The van der Waals surface area contributed by atoms with E-state index >= 15 is 0 Å². The first kappa shape index (κ1) is 19.4. The van der Waals surface area contributed by atoms with Gasteiger partial charge >= 0.3 is 0 Å². The number of aryl methyl sites for hydroxylation is 2. The van der Waals surface area contributed by atoms with Crippen molar-refractivity contribution >= 4 is 22.9 Å². The van der Waals surface area contributed by atoms with Crippen LogP contribution < -0.4 is 10.2 Å². The Hall–Kier alpha value is -1.88. The molecule has 0 aliphatic heterocycles. The van der Waals surface area contributed by atoms with E-state index < -0.39 is 0 Å². The van der Waals surface area contributed by atoms with E-state index in [4.69, 9.17) is 0 Å². The lowest BCUT2D eigenvalue weighted by molar-refractivity contribution is 0.0953. The van der Waals surface area contributed by atoms with Crippen LogP contribution in [0.15, 0.2) is 29.6 Å². The summed E-state index contributed by atoms with van der Waals surface area (Å²) in [4.78, 5) is 18.9. The first-order valence-corrected chi connectivity index (χ1v) is 9.98. The molecule has 0 saturated carbocycles. The Morgan fingerprint density at radius 1 is 1.20 bits per heavy atom. The summed E-state index contributed by atoms with van der Waals surface area (Å²) in [5, 5.41) is 6.27. The molecule has 0 unspecified atom stereocenters. The third-order valence-corrected chi connectivity index (χ3v) is 5.21. The lowest BCUT2D eigenvalue weighted by atomic mass is 10.1. The van der Waals surface area contributed by atoms with Crippen LogP contribution in [0.3, 0.4) is 0 Å². The molecule has 0 saturated heterocycles. The Labute approximate surface area is 155 Å². The predicted molar refractivity (Wildman–Crippen MR) is 107 cm³/mol. The number of amides is 1. The predicted octanol–water partition coefficient (Wildman–Crippen LogP) is 4.44. The number of nitrogens with one attached hydrogen (secondary N) is 1. The number of aromatic nitrogens is 1. The molecule has 1 heterocycles. The molecule has 0 aliphatic carbocycles. The van der Waals surface area contributed by atoms with E-state index in [1.807, 2.05) is 31.2 Å². The summed E-state index contributed by atoms with van der Waals surface area (Å²) < 4.78 is 0. The zero-order valence-corrected chi connectivity index (χ0v) is 16.4. The van der Waals surface area contributed by atoms with Crippen LogP contribution in [-0.2, 0) is 6.42 Å². The van der Waals surface area contributed by atoms with Crippen LogP contribution in [0, 0.1) is 6.92 Å². The molecule has 0 aliphatic rings. The van der Waals surface area contributed by atoms with E-state index in [1.54, 1.807) is 11.3 Å². The molecule has 136 valence electrons. The lowest BCUT2D eigenvalue weighted by Crippen LogP contribution is -2.24. The Bertz CT molecular complexity index is 651. The SMILES string of the molecule is CCCCN(C)c1ccc(C(=O)NCCCCc2nc(C)cs2)cc1. The summed E-state index contributed by atoms with van der Waals surface area (Å²) in [6, 6.07) is 7.86. The zero-order valence-electron chi connectivity index (χ0n) is 15.5. The van der Waals surface area contributed by atoms with Gasteiger partial charge in [-0.2, -0.15) is 0 Å². The molecular weight excluding hydrogens is 330 g/mol. The molecule has 25 heavy (non-hydrogen) atoms. The number of hydrogen-bond acceptors (Lipinski definition) is 4. The van der Waals surface area contributed by atoms with Gasteiger partial charge in [-0.1, -0.05) is 13.3 Å². The third-order valence-electron chi connectivity index (χ3n) is 4.19. The number of unbranched alkanes of at least 4 members (excludes halogenated alkanes) is 2. The van der Waals surface area contributed by atoms with Crippen LogP contribution >= 0.6 is 11.3 Å². The van der Waals surface area contributed by atoms with Crippen molar-refractivity contribution in [3.8, 4) is 0 Å². The minimum Gasteiger partial charge on any atom is -0.375 e. The molecule has 1 aromatic carbocycles. The van der Waals surface area contributed by atoms with E-state index in [9.17, 15) is 4.79 Å². The van der Waals surface area contributed by atoms with Gasteiger partial charge in [-0.3, -0.25) is 4.79 Å². The average molecular weight is 360 g/mol. The van der Waals surface area contributed by atoms with E-state index in [0.29, 0.717) is 6.54 Å². The maximum Gasteiger partial charge on any atom is 0.251 e. The first-order chi connectivity index (χ1) is 12.1. The summed E-state index contributed by atoms with van der Waals surface area (Å²) in [5.41, 5.74) is 2.98. The van der Waals surface area contributed by atoms with Crippen molar-refractivity contribution < 1.29 is 4.79 Å². The molecule has 2 aromatic rings. The van der Waals surface area contributed by atoms with Gasteiger partial charge in [0.15, 0.2) is 0 Å². The van der Waals surface area contributed by atoms with Crippen molar-refractivity contribution in [2.75, 3.05) is 25.0 Å².